The van der Waals surface area contributed by atoms with Crippen LogP contribution >= 0.6 is 0 Å². The number of carbonyl (C=O) groups is 2. The molecular weight excluding hydrogens is 420 g/mol. The van der Waals surface area contributed by atoms with Gasteiger partial charge in [0.25, 0.3) is 11.8 Å². The van der Waals surface area contributed by atoms with Crippen LogP contribution < -0.4 is 20.3 Å². The number of piperazine rings is 1. The molecular formula is C22H25F2N5O3. The van der Waals surface area contributed by atoms with E-state index in [1.807, 2.05) is 11.8 Å². The topological polar surface area (TPSA) is 86.8 Å². The lowest BCUT2D eigenvalue weighted by atomic mass is 10.1. The van der Waals surface area contributed by atoms with Crippen LogP contribution in [0.1, 0.15) is 29.4 Å². The summed E-state index contributed by atoms with van der Waals surface area (Å²) in [6.07, 6.45) is -0.107. The van der Waals surface area contributed by atoms with E-state index in [9.17, 15) is 14.0 Å². The number of benzene rings is 1. The second-order valence-corrected chi connectivity index (χ2v) is 7.76. The maximum Gasteiger partial charge on any atom is 0.269 e. The van der Waals surface area contributed by atoms with Crippen molar-refractivity contribution in [1.82, 2.24) is 15.2 Å². The van der Waals surface area contributed by atoms with Crippen molar-refractivity contribution in [3.63, 3.8) is 0 Å². The number of anilines is 2. The third-order valence-electron chi connectivity index (χ3n) is 5.76. The standard InChI is InChI=1S/C22H25F2N5O3/c1-3-16-22(31)27-19-17(32-16)7-4-13(18(19)23)12-28-8-10-29(11-9-28)15-6-5-14(21(30)25-2)26-20(15)24/h4-7,16H,3,8-12H2,1-2H3,(H,25,30)(H,27,31)/t16-/m1/s1. The molecule has 1 aromatic carbocycles. The zero-order valence-corrected chi connectivity index (χ0v) is 18.0. The lowest BCUT2D eigenvalue weighted by Crippen LogP contribution is -2.46. The van der Waals surface area contributed by atoms with E-state index in [0.717, 1.165) is 0 Å². The third-order valence-corrected chi connectivity index (χ3v) is 5.76. The van der Waals surface area contributed by atoms with Crippen LogP contribution in [0.3, 0.4) is 0 Å². The molecule has 0 spiro atoms. The summed E-state index contributed by atoms with van der Waals surface area (Å²) in [6.45, 7) is 4.43. The fraction of sp³-hybridized carbons (Fsp3) is 0.409. The fourth-order valence-electron chi connectivity index (χ4n) is 3.92. The van der Waals surface area contributed by atoms with Crippen molar-refractivity contribution in [2.75, 3.05) is 43.4 Å². The number of halogens is 2. The van der Waals surface area contributed by atoms with Gasteiger partial charge in [-0.1, -0.05) is 13.0 Å². The number of ether oxygens (including phenoxy) is 1. The number of hydrogen-bond donors (Lipinski definition) is 2. The van der Waals surface area contributed by atoms with Crippen LogP contribution in [0.15, 0.2) is 24.3 Å². The van der Waals surface area contributed by atoms with Gasteiger partial charge < -0.3 is 20.3 Å². The number of pyridine rings is 1. The highest BCUT2D eigenvalue weighted by Gasteiger charge is 2.30. The minimum absolute atomic E-state index is 0.0246. The number of rotatable bonds is 5. The van der Waals surface area contributed by atoms with E-state index in [-0.39, 0.29) is 17.3 Å². The zero-order chi connectivity index (χ0) is 22.8. The molecule has 170 valence electrons. The predicted molar refractivity (Wildman–Crippen MR) is 115 cm³/mol. The van der Waals surface area contributed by atoms with Gasteiger partial charge in [-0.25, -0.2) is 9.37 Å². The van der Waals surface area contributed by atoms with Crippen molar-refractivity contribution in [1.29, 1.82) is 0 Å². The molecule has 0 bridgehead atoms. The van der Waals surface area contributed by atoms with E-state index >= 15 is 4.39 Å². The van der Waals surface area contributed by atoms with Gasteiger partial charge in [-0.15, -0.1) is 0 Å². The van der Waals surface area contributed by atoms with Crippen LogP contribution in [-0.2, 0) is 11.3 Å². The van der Waals surface area contributed by atoms with Gasteiger partial charge in [0.05, 0.1) is 5.69 Å². The summed E-state index contributed by atoms with van der Waals surface area (Å²) in [4.78, 5) is 31.3. The lowest BCUT2D eigenvalue weighted by molar-refractivity contribution is -0.123. The molecule has 2 amide bonds. The minimum atomic E-state index is -0.693. The maximum absolute atomic E-state index is 15.0. The monoisotopic (exact) mass is 445 g/mol. The molecule has 2 N–H and O–H groups in total. The van der Waals surface area contributed by atoms with Crippen LogP contribution in [0.4, 0.5) is 20.2 Å². The minimum Gasteiger partial charge on any atom is -0.478 e. The van der Waals surface area contributed by atoms with E-state index in [0.29, 0.717) is 56.1 Å². The van der Waals surface area contributed by atoms with Crippen molar-refractivity contribution < 1.29 is 23.1 Å². The highest BCUT2D eigenvalue weighted by molar-refractivity contribution is 5.98. The molecule has 1 atom stereocenters. The molecule has 1 fully saturated rings. The Kier molecular flexibility index (Phi) is 6.22. The molecule has 32 heavy (non-hydrogen) atoms. The summed E-state index contributed by atoms with van der Waals surface area (Å²) in [5.41, 5.74) is 0.901. The molecule has 10 heteroatoms. The van der Waals surface area contributed by atoms with E-state index in [2.05, 4.69) is 20.5 Å². The summed E-state index contributed by atoms with van der Waals surface area (Å²) in [5, 5.41) is 5.03. The van der Waals surface area contributed by atoms with Gasteiger partial charge in [0.2, 0.25) is 5.95 Å². The first kappa shape index (κ1) is 21.9. The van der Waals surface area contributed by atoms with Gasteiger partial charge in [-0.05, 0) is 24.6 Å². The van der Waals surface area contributed by atoms with Crippen molar-refractivity contribution in [3.05, 3.63) is 47.3 Å². The molecule has 8 nitrogen and oxygen atoms in total. The SMILES string of the molecule is CC[C@H]1Oc2ccc(CN3CCN(c4ccc(C(=O)NC)nc4F)CC3)c(F)c2NC1=O. The van der Waals surface area contributed by atoms with E-state index in [1.54, 1.807) is 18.2 Å². The van der Waals surface area contributed by atoms with Crippen molar-refractivity contribution in [2.24, 2.45) is 0 Å². The van der Waals surface area contributed by atoms with Gasteiger partial charge >= 0.3 is 0 Å². The number of nitrogens with zero attached hydrogens (tertiary/aromatic N) is 3. The summed E-state index contributed by atoms with van der Waals surface area (Å²) < 4.78 is 35.0. The van der Waals surface area contributed by atoms with Gasteiger partial charge in [-0.3, -0.25) is 14.5 Å². The Morgan fingerprint density at radius 1 is 1.22 bits per heavy atom. The first-order chi connectivity index (χ1) is 15.4. The van der Waals surface area contributed by atoms with E-state index in [4.69, 9.17) is 4.74 Å². The first-order valence-electron chi connectivity index (χ1n) is 10.6. The molecule has 2 aromatic rings. The number of amides is 2. The zero-order valence-electron chi connectivity index (χ0n) is 18.0. The quantitative estimate of drug-likeness (QED) is 0.686. The number of nitrogens with one attached hydrogen (secondary N) is 2. The molecule has 3 heterocycles. The Morgan fingerprint density at radius 2 is 1.97 bits per heavy atom. The second kappa shape index (κ2) is 9.07. The normalized spacial score (nSPS) is 18.6. The average Bonchev–Trinajstić information content (AvgIpc) is 2.81. The summed E-state index contributed by atoms with van der Waals surface area (Å²) in [6, 6.07) is 6.40. The number of hydrogen-bond acceptors (Lipinski definition) is 6. The van der Waals surface area contributed by atoms with Crippen LogP contribution in [0, 0.1) is 11.8 Å². The fourth-order valence-corrected chi connectivity index (χ4v) is 3.92. The molecule has 4 rings (SSSR count). The Hall–Kier alpha value is -3.27. The second-order valence-electron chi connectivity index (χ2n) is 7.76. The Labute approximate surface area is 184 Å². The van der Waals surface area contributed by atoms with Crippen molar-refractivity contribution in [2.45, 2.75) is 26.0 Å². The van der Waals surface area contributed by atoms with Crippen LogP contribution in [0.5, 0.6) is 5.75 Å². The molecule has 1 aromatic heterocycles. The highest BCUT2D eigenvalue weighted by Crippen LogP contribution is 2.35. The lowest BCUT2D eigenvalue weighted by Gasteiger charge is -2.36. The molecule has 2 aliphatic heterocycles. The number of aromatic nitrogens is 1. The van der Waals surface area contributed by atoms with Crippen LogP contribution in [0.25, 0.3) is 0 Å². The molecule has 1 saturated heterocycles. The highest BCUT2D eigenvalue weighted by atomic mass is 19.1. The molecule has 2 aliphatic rings. The average molecular weight is 445 g/mol. The van der Waals surface area contributed by atoms with Gasteiger partial charge in [0, 0.05) is 45.3 Å². The molecule has 0 aliphatic carbocycles. The first-order valence-corrected chi connectivity index (χ1v) is 10.6. The van der Waals surface area contributed by atoms with Gasteiger partial charge in [-0.2, -0.15) is 4.39 Å². The molecule has 0 radical (unpaired) electrons. The third kappa shape index (κ3) is 4.22. The van der Waals surface area contributed by atoms with E-state index in [1.165, 1.54) is 13.1 Å². The van der Waals surface area contributed by atoms with Crippen molar-refractivity contribution >= 4 is 23.2 Å². The van der Waals surface area contributed by atoms with E-state index < -0.39 is 23.8 Å². The summed E-state index contributed by atoms with van der Waals surface area (Å²) in [7, 11) is 1.46. The molecule has 0 saturated carbocycles. The number of carbonyl (C=O) groups excluding carboxylic acids is 2. The summed E-state index contributed by atoms with van der Waals surface area (Å²) >= 11 is 0. The van der Waals surface area contributed by atoms with Crippen molar-refractivity contribution in [3.8, 4) is 5.75 Å². The Balaban J connectivity index is 1.40. The molecule has 0 unspecified atom stereocenters. The van der Waals surface area contributed by atoms with Gasteiger partial charge in [0.15, 0.2) is 11.9 Å². The van der Waals surface area contributed by atoms with Crippen LogP contribution in [0.2, 0.25) is 0 Å². The number of fused-ring (bicyclic) bond motifs is 1. The van der Waals surface area contributed by atoms with Gasteiger partial charge in [0.1, 0.15) is 17.1 Å². The Morgan fingerprint density at radius 3 is 2.62 bits per heavy atom. The smallest absolute Gasteiger partial charge is 0.269 e. The maximum atomic E-state index is 15.0. The summed E-state index contributed by atoms with van der Waals surface area (Å²) in [5.74, 6) is -1.64. The Bertz CT molecular complexity index is 1040. The van der Waals surface area contributed by atoms with Crippen LogP contribution in [-0.4, -0.2) is 61.0 Å². The predicted octanol–water partition coefficient (Wildman–Crippen LogP) is 2.15. The largest absolute Gasteiger partial charge is 0.478 e.